The Bertz CT molecular complexity index is 997. The molecule has 1 heterocycles. The molecule has 1 aliphatic heterocycles. The fourth-order valence-electron chi connectivity index (χ4n) is 4.21. The Morgan fingerprint density at radius 1 is 1.09 bits per heavy atom. The molecule has 0 spiro atoms. The SMILES string of the molecule is CCCCN[C@H]1Cc2cc(OC)ccc2[C@H](c2ccc(C(=O)OC)cc2)N1C(=O)OC(C)(C)C. The lowest BCUT2D eigenvalue weighted by Crippen LogP contribution is -2.55. The van der Waals surface area contributed by atoms with E-state index in [1.807, 2.05) is 51.1 Å². The first-order valence-electron chi connectivity index (χ1n) is 11.8. The van der Waals surface area contributed by atoms with Crippen molar-refractivity contribution in [3.8, 4) is 5.75 Å². The second-order valence-electron chi connectivity index (χ2n) is 9.50. The smallest absolute Gasteiger partial charge is 0.412 e. The van der Waals surface area contributed by atoms with Crippen molar-refractivity contribution < 1.29 is 23.8 Å². The Labute approximate surface area is 202 Å². The summed E-state index contributed by atoms with van der Waals surface area (Å²) < 4.78 is 16.2. The first-order chi connectivity index (χ1) is 16.2. The summed E-state index contributed by atoms with van der Waals surface area (Å²) in [4.78, 5) is 27.3. The average Bonchev–Trinajstić information content (AvgIpc) is 2.81. The second kappa shape index (κ2) is 10.9. The number of carbonyl (C=O) groups is 2. The number of rotatable bonds is 7. The summed E-state index contributed by atoms with van der Waals surface area (Å²) in [5.74, 6) is 0.375. The summed E-state index contributed by atoms with van der Waals surface area (Å²) in [5.41, 5.74) is 2.82. The van der Waals surface area contributed by atoms with Crippen LogP contribution in [0, 0.1) is 0 Å². The highest BCUT2D eigenvalue weighted by Gasteiger charge is 2.40. The lowest BCUT2D eigenvalue weighted by Gasteiger charge is -2.44. The number of ether oxygens (including phenoxy) is 3. The fraction of sp³-hybridized carbons (Fsp3) is 0.481. The highest BCUT2D eigenvalue weighted by Crippen LogP contribution is 2.39. The fourth-order valence-corrected chi connectivity index (χ4v) is 4.21. The first-order valence-corrected chi connectivity index (χ1v) is 11.8. The molecule has 1 N–H and O–H groups in total. The molecule has 1 aliphatic rings. The summed E-state index contributed by atoms with van der Waals surface area (Å²) in [6, 6.07) is 12.8. The van der Waals surface area contributed by atoms with Gasteiger partial charge in [-0.05, 0) is 74.7 Å². The van der Waals surface area contributed by atoms with Gasteiger partial charge in [0.15, 0.2) is 0 Å². The maximum absolute atomic E-state index is 13.6. The van der Waals surface area contributed by atoms with Gasteiger partial charge in [0.25, 0.3) is 0 Å². The third-order valence-corrected chi connectivity index (χ3v) is 5.83. The van der Waals surface area contributed by atoms with Gasteiger partial charge in [0, 0.05) is 6.42 Å². The molecule has 7 nitrogen and oxygen atoms in total. The number of methoxy groups -OCH3 is 2. The van der Waals surface area contributed by atoms with Crippen LogP contribution in [0.1, 0.15) is 73.6 Å². The molecule has 0 radical (unpaired) electrons. The van der Waals surface area contributed by atoms with Gasteiger partial charge in [-0.25, -0.2) is 9.59 Å². The zero-order valence-electron chi connectivity index (χ0n) is 21.0. The van der Waals surface area contributed by atoms with E-state index in [1.165, 1.54) is 7.11 Å². The maximum atomic E-state index is 13.6. The van der Waals surface area contributed by atoms with Crippen LogP contribution in [0.3, 0.4) is 0 Å². The molecule has 0 unspecified atom stereocenters. The van der Waals surface area contributed by atoms with Crippen molar-refractivity contribution in [1.82, 2.24) is 10.2 Å². The number of carbonyl (C=O) groups excluding carboxylic acids is 2. The summed E-state index contributed by atoms with van der Waals surface area (Å²) in [7, 11) is 3.01. The molecule has 0 saturated carbocycles. The van der Waals surface area contributed by atoms with E-state index in [9.17, 15) is 9.59 Å². The summed E-state index contributed by atoms with van der Waals surface area (Å²) in [6.45, 7) is 8.53. The standard InChI is InChI=1S/C27H36N2O5/c1-7-8-15-28-23-17-20-16-21(32-5)13-14-22(20)24(29(23)26(31)34-27(2,3)4)18-9-11-19(12-10-18)25(30)33-6/h9-14,16,23-24,28H,7-8,15,17H2,1-6H3/t23-,24+/m1/s1. The van der Waals surface area contributed by atoms with Gasteiger partial charge >= 0.3 is 12.1 Å². The van der Waals surface area contributed by atoms with Crippen LogP contribution in [-0.4, -0.2) is 49.5 Å². The number of hydrogen-bond acceptors (Lipinski definition) is 6. The number of benzene rings is 2. The topological polar surface area (TPSA) is 77.1 Å². The van der Waals surface area contributed by atoms with Crippen LogP contribution in [0.2, 0.25) is 0 Å². The van der Waals surface area contributed by atoms with Crippen molar-refractivity contribution >= 4 is 12.1 Å². The molecule has 3 rings (SSSR count). The van der Waals surface area contributed by atoms with Gasteiger partial charge in [0.2, 0.25) is 0 Å². The van der Waals surface area contributed by atoms with E-state index in [1.54, 1.807) is 24.1 Å². The molecule has 2 atom stereocenters. The predicted molar refractivity (Wildman–Crippen MR) is 131 cm³/mol. The molecule has 34 heavy (non-hydrogen) atoms. The van der Waals surface area contributed by atoms with Crippen molar-refractivity contribution in [2.75, 3.05) is 20.8 Å². The molecule has 0 saturated heterocycles. The van der Waals surface area contributed by atoms with Crippen LogP contribution in [-0.2, 0) is 15.9 Å². The van der Waals surface area contributed by atoms with Gasteiger partial charge in [-0.2, -0.15) is 0 Å². The zero-order chi connectivity index (χ0) is 24.9. The summed E-state index contributed by atoms with van der Waals surface area (Å²) >= 11 is 0. The van der Waals surface area contributed by atoms with Crippen LogP contribution in [0.4, 0.5) is 4.79 Å². The predicted octanol–water partition coefficient (Wildman–Crippen LogP) is 5.08. The minimum atomic E-state index is -0.634. The normalized spacial score (nSPS) is 17.6. The van der Waals surface area contributed by atoms with Crippen LogP contribution in [0.5, 0.6) is 5.75 Å². The van der Waals surface area contributed by atoms with E-state index >= 15 is 0 Å². The van der Waals surface area contributed by atoms with Gasteiger partial charge in [-0.15, -0.1) is 0 Å². The molecule has 0 bridgehead atoms. The van der Waals surface area contributed by atoms with Crippen LogP contribution in [0.25, 0.3) is 0 Å². The van der Waals surface area contributed by atoms with E-state index in [-0.39, 0.29) is 12.3 Å². The van der Waals surface area contributed by atoms with Gasteiger partial charge in [0.05, 0.1) is 32.0 Å². The molecule has 1 amide bonds. The Morgan fingerprint density at radius 3 is 2.38 bits per heavy atom. The Morgan fingerprint density at radius 2 is 1.79 bits per heavy atom. The monoisotopic (exact) mass is 468 g/mol. The molecular weight excluding hydrogens is 432 g/mol. The van der Waals surface area contributed by atoms with E-state index in [4.69, 9.17) is 14.2 Å². The Hall–Kier alpha value is -3.06. The molecule has 0 aliphatic carbocycles. The summed E-state index contributed by atoms with van der Waals surface area (Å²) in [6.07, 6.45) is 2.04. The van der Waals surface area contributed by atoms with Crippen molar-refractivity contribution in [3.63, 3.8) is 0 Å². The number of esters is 1. The number of fused-ring (bicyclic) bond motifs is 1. The minimum absolute atomic E-state index is 0.258. The number of hydrogen-bond donors (Lipinski definition) is 1. The van der Waals surface area contributed by atoms with Crippen molar-refractivity contribution in [2.45, 2.75) is 64.8 Å². The Kier molecular flexibility index (Phi) is 8.20. The third kappa shape index (κ3) is 5.89. The molecule has 0 fully saturated rings. The minimum Gasteiger partial charge on any atom is -0.497 e. The van der Waals surface area contributed by atoms with E-state index < -0.39 is 17.6 Å². The maximum Gasteiger partial charge on any atom is 0.412 e. The number of unbranched alkanes of at least 4 members (excludes halogenated alkanes) is 1. The van der Waals surface area contributed by atoms with E-state index in [2.05, 4.69) is 12.2 Å². The molecule has 184 valence electrons. The zero-order valence-corrected chi connectivity index (χ0v) is 21.0. The molecule has 0 aromatic heterocycles. The first kappa shape index (κ1) is 25.6. The Balaban J connectivity index is 2.11. The highest BCUT2D eigenvalue weighted by atomic mass is 16.6. The third-order valence-electron chi connectivity index (χ3n) is 5.83. The number of nitrogens with one attached hydrogen (secondary N) is 1. The van der Waals surface area contributed by atoms with E-state index in [0.717, 1.165) is 41.8 Å². The van der Waals surface area contributed by atoms with Crippen LogP contribution >= 0.6 is 0 Å². The van der Waals surface area contributed by atoms with Crippen molar-refractivity contribution in [2.24, 2.45) is 0 Å². The number of amides is 1. The van der Waals surface area contributed by atoms with E-state index in [0.29, 0.717) is 12.0 Å². The summed E-state index contributed by atoms with van der Waals surface area (Å²) in [5, 5.41) is 3.57. The quantitative estimate of drug-likeness (QED) is 0.451. The lowest BCUT2D eigenvalue weighted by atomic mass is 9.86. The van der Waals surface area contributed by atoms with Gasteiger partial charge < -0.3 is 14.2 Å². The van der Waals surface area contributed by atoms with Gasteiger partial charge in [-0.3, -0.25) is 10.2 Å². The second-order valence-corrected chi connectivity index (χ2v) is 9.50. The van der Waals surface area contributed by atoms with Crippen LogP contribution in [0.15, 0.2) is 42.5 Å². The molecular formula is C27H36N2O5. The lowest BCUT2D eigenvalue weighted by molar-refractivity contribution is 0.00148. The number of nitrogens with zero attached hydrogens (tertiary/aromatic N) is 1. The largest absolute Gasteiger partial charge is 0.497 e. The van der Waals surface area contributed by atoms with Crippen molar-refractivity contribution in [3.05, 3.63) is 64.7 Å². The molecule has 2 aromatic rings. The average molecular weight is 469 g/mol. The molecule has 7 heteroatoms. The van der Waals surface area contributed by atoms with Crippen molar-refractivity contribution in [1.29, 1.82) is 0 Å². The van der Waals surface area contributed by atoms with Gasteiger partial charge in [0.1, 0.15) is 11.4 Å². The van der Waals surface area contributed by atoms with Crippen LogP contribution < -0.4 is 10.1 Å². The molecule has 2 aromatic carbocycles. The van der Waals surface area contributed by atoms with Gasteiger partial charge in [-0.1, -0.05) is 31.5 Å². The highest BCUT2D eigenvalue weighted by molar-refractivity contribution is 5.89.